The van der Waals surface area contributed by atoms with Crippen LogP contribution in [0.15, 0.2) is 0 Å². The molecule has 0 aromatic heterocycles. The molecular formula is C16H25BrF3NO6S. The minimum Gasteiger partial charge on any atom is -0.464 e. The van der Waals surface area contributed by atoms with Gasteiger partial charge in [0.2, 0.25) is 10.0 Å². The van der Waals surface area contributed by atoms with Crippen LogP contribution in [0.5, 0.6) is 0 Å². The van der Waals surface area contributed by atoms with Crippen molar-refractivity contribution in [1.82, 2.24) is 4.31 Å². The summed E-state index contributed by atoms with van der Waals surface area (Å²) in [5, 5.41) is 9.57. The fraction of sp³-hybridized carbons (Fsp3) is 0.875. The van der Waals surface area contributed by atoms with Crippen LogP contribution in [0.3, 0.4) is 0 Å². The lowest BCUT2D eigenvalue weighted by Crippen LogP contribution is -2.56. The molecule has 0 bridgehead atoms. The molecule has 0 aromatic rings. The van der Waals surface area contributed by atoms with E-state index in [1.54, 1.807) is 27.7 Å². The van der Waals surface area contributed by atoms with Crippen LogP contribution >= 0.6 is 15.9 Å². The van der Waals surface area contributed by atoms with E-state index in [9.17, 15) is 36.3 Å². The fourth-order valence-electron chi connectivity index (χ4n) is 3.36. The number of halogens is 4. The summed E-state index contributed by atoms with van der Waals surface area (Å²) >= 11 is 3.04. The average molecular weight is 496 g/mol. The number of sulfonamides is 1. The van der Waals surface area contributed by atoms with Gasteiger partial charge in [0.05, 0.1) is 29.6 Å². The average Bonchev–Trinajstić information content (AvgIpc) is 2.88. The van der Waals surface area contributed by atoms with E-state index in [1.807, 2.05) is 0 Å². The number of Topliss-reactive ketones (excluding diaryl/α,β-unsaturated/α-hetero) is 1. The highest BCUT2D eigenvalue weighted by Gasteiger charge is 2.51. The van der Waals surface area contributed by atoms with Crippen molar-refractivity contribution in [2.75, 3.05) is 11.1 Å². The number of alkyl halides is 4. The Bertz CT molecular complexity index is 691. The lowest BCUT2D eigenvalue weighted by molar-refractivity contribution is -0.131. The number of rotatable bonds is 7. The Hall–Kier alpha value is -0.880. The molecule has 0 aromatic carbocycles. The van der Waals surface area contributed by atoms with E-state index in [0.29, 0.717) is 0 Å². The van der Waals surface area contributed by atoms with Gasteiger partial charge >= 0.3 is 12.3 Å². The summed E-state index contributed by atoms with van der Waals surface area (Å²) in [6.45, 7) is 6.43. The zero-order valence-corrected chi connectivity index (χ0v) is 18.4. The summed E-state index contributed by atoms with van der Waals surface area (Å²) in [6.07, 6.45) is -9.90. The SMILES string of the molecule is CC1CC(C(N(C(=O)O)S(=O)(=O)CCC(F)(F)F)C(C)(C)C)OC1C(=O)CBr. The third-order valence-corrected chi connectivity index (χ3v) is 6.77. The lowest BCUT2D eigenvalue weighted by Gasteiger charge is -2.41. The number of carbonyl (C=O) groups is 2. The number of carboxylic acid groups (broad SMARTS) is 1. The molecule has 4 unspecified atom stereocenters. The molecule has 7 nitrogen and oxygen atoms in total. The smallest absolute Gasteiger partial charge is 0.421 e. The Morgan fingerprint density at radius 3 is 2.21 bits per heavy atom. The molecule has 1 fully saturated rings. The lowest BCUT2D eigenvalue weighted by atomic mass is 9.81. The minimum atomic E-state index is -4.80. The maximum absolute atomic E-state index is 12.5. The maximum atomic E-state index is 12.5. The Kier molecular flexibility index (Phi) is 7.96. The van der Waals surface area contributed by atoms with Gasteiger partial charge in [-0.25, -0.2) is 13.2 Å². The summed E-state index contributed by atoms with van der Waals surface area (Å²) < 4.78 is 68.4. The van der Waals surface area contributed by atoms with E-state index in [-0.39, 0.29) is 27.8 Å². The summed E-state index contributed by atoms with van der Waals surface area (Å²) in [4.78, 5) is 23.8. The number of ether oxygens (including phenoxy) is 1. The van der Waals surface area contributed by atoms with Gasteiger partial charge in [-0.1, -0.05) is 43.6 Å². The third-order valence-electron chi connectivity index (χ3n) is 4.52. The van der Waals surface area contributed by atoms with Crippen molar-refractivity contribution >= 4 is 37.8 Å². The van der Waals surface area contributed by atoms with Crippen LogP contribution in [0, 0.1) is 11.3 Å². The molecule has 0 saturated carbocycles. The first kappa shape index (κ1) is 25.2. The first-order valence-electron chi connectivity index (χ1n) is 8.57. The summed E-state index contributed by atoms with van der Waals surface area (Å²) in [5.74, 6) is -1.96. The van der Waals surface area contributed by atoms with E-state index < -0.39 is 58.1 Å². The van der Waals surface area contributed by atoms with E-state index in [4.69, 9.17) is 4.74 Å². The van der Waals surface area contributed by atoms with Gasteiger partial charge < -0.3 is 9.84 Å². The van der Waals surface area contributed by atoms with Crippen LogP contribution in [0.25, 0.3) is 0 Å². The van der Waals surface area contributed by atoms with Gasteiger partial charge in [-0.15, -0.1) is 0 Å². The molecule has 0 radical (unpaired) electrons. The topological polar surface area (TPSA) is 101 Å². The van der Waals surface area contributed by atoms with Gasteiger partial charge in [0.1, 0.15) is 6.10 Å². The number of carbonyl (C=O) groups excluding carboxylic acids is 1. The van der Waals surface area contributed by atoms with Crippen LogP contribution in [0.2, 0.25) is 0 Å². The predicted molar refractivity (Wildman–Crippen MR) is 98.8 cm³/mol. The van der Waals surface area contributed by atoms with Crippen molar-refractivity contribution in [3.8, 4) is 0 Å². The highest BCUT2D eigenvalue weighted by molar-refractivity contribution is 9.09. The van der Waals surface area contributed by atoms with Gasteiger partial charge in [0, 0.05) is 0 Å². The molecule has 1 aliphatic rings. The van der Waals surface area contributed by atoms with Crippen LogP contribution < -0.4 is 0 Å². The fourth-order valence-corrected chi connectivity index (χ4v) is 5.40. The van der Waals surface area contributed by atoms with Gasteiger partial charge in [0.25, 0.3) is 0 Å². The van der Waals surface area contributed by atoms with Crippen LogP contribution in [-0.4, -0.2) is 65.2 Å². The Labute approximate surface area is 170 Å². The summed E-state index contributed by atoms with van der Waals surface area (Å²) in [6, 6.07) is -1.29. The van der Waals surface area contributed by atoms with Crippen molar-refractivity contribution in [1.29, 1.82) is 0 Å². The highest BCUT2D eigenvalue weighted by atomic mass is 79.9. The van der Waals surface area contributed by atoms with Crippen molar-refractivity contribution in [3.05, 3.63) is 0 Å². The van der Waals surface area contributed by atoms with Gasteiger partial charge in [-0.2, -0.15) is 17.5 Å². The zero-order valence-electron chi connectivity index (χ0n) is 16.0. The van der Waals surface area contributed by atoms with E-state index in [1.165, 1.54) is 0 Å². The maximum Gasteiger partial charge on any atom is 0.421 e. The molecule has 1 heterocycles. The molecule has 0 aliphatic carbocycles. The van der Waals surface area contributed by atoms with Gasteiger partial charge in [-0.3, -0.25) is 4.79 Å². The first-order chi connectivity index (χ1) is 12.5. The predicted octanol–water partition coefficient (Wildman–Crippen LogP) is 3.42. The molecule has 1 aliphatic heterocycles. The van der Waals surface area contributed by atoms with E-state index >= 15 is 0 Å². The van der Waals surface area contributed by atoms with Gasteiger partial charge in [0.15, 0.2) is 5.78 Å². The monoisotopic (exact) mass is 495 g/mol. The van der Waals surface area contributed by atoms with Crippen LogP contribution in [-0.2, 0) is 19.6 Å². The second-order valence-electron chi connectivity index (χ2n) is 7.98. The first-order valence-corrected chi connectivity index (χ1v) is 11.3. The third kappa shape index (κ3) is 6.31. The molecule has 1 N–H and O–H groups in total. The molecule has 1 saturated heterocycles. The molecule has 1 rings (SSSR count). The Morgan fingerprint density at radius 2 is 1.82 bits per heavy atom. The standard InChI is InChI=1S/C16H25BrF3NO6S/c1-9-7-11(27-12(9)10(22)8-17)13(15(2,3)4)21(14(23)24)28(25,26)6-5-16(18,19)20/h9,11-13H,5-8H2,1-4H3,(H,23,24). The van der Waals surface area contributed by atoms with E-state index in [2.05, 4.69) is 15.9 Å². The van der Waals surface area contributed by atoms with Crippen LogP contribution in [0.4, 0.5) is 18.0 Å². The molecule has 12 heteroatoms. The van der Waals surface area contributed by atoms with Crippen molar-refractivity contribution in [2.45, 2.75) is 65.0 Å². The zero-order chi connectivity index (χ0) is 22.1. The summed E-state index contributed by atoms with van der Waals surface area (Å²) in [5.41, 5.74) is -0.986. The quantitative estimate of drug-likeness (QED) is 0.543. The second kappa shape index (κ2) is 8.86. The number of amides is 1. The Balaban J connectivity index is 3.29. The molecular weight excluding hydrogens is 471 g/mol. The molecule has 0 spiro atoms. The molecule has 164 valence electrons. The number of nitrogens with zero attached hydrogens (tertiary/aromatic N) is 1. The van der Waals surface area contributed by atoms with Crippen molar-refractivity contribution < 1.29 is 41.0 Å². The van der Waals surface area contributed by atoms with Crippen LogP contribution in [0.1, 0.15) is 40.5 Å². The number of hydrogen-bond donors (Lipinski definition) is 1. The number of ketones is 1. The highest BCUT2D eigenvalue weighted by Crippen LogP contribution is 2.39. The van der Waals surface area contributed by atoms with Crippen molar-refractivity contribution in [3.63, 3.8) is 0 Å². The number of hydrogen-bond acceptors (Lipinski definition) is 5. The normalized spacial score (nSPS) is 24.8. The molecule has 1 amide bonds. The largest absolute Gasteiger partial charge is 0.464 e. The molecule has 28 heavy (non-hydrogen) atoms. The molecule has 4 atom stereocenters. The second-order valence-corrected chi connectivity index (χ2v) is 10.5. The Morgan fingerprint density at radius 1 is 1.29 bits per heavy atom. The van der Waals surface area contributed by atoms with Gasteiger partial charge in [-0.05, 0) is 17.8 Å². The van der Waals surface area contributed by atoms with E-state index in [0.717, 1.165) is 0 Å². The minimum absolute atomic E-state index is 0.0153. The summed E-state index contributed by atoms with van der Waals surface area (Å²) in [7, 11) is -4.80. The van der Waals surface area contributed by atoms with Crippen molar-refractivity contribution in [2.24, 2.45) is 11.3 Å².